The van der Waals surface area contributed by atoms with E-state index in [1.165, 1.54) is 0 Å². The van der Waals surface area contributed by atoms with E-state index in [1.54, 1.807) is 0 Å². The summed E-state index contributed by atoms with van der Waals surface area (Å²) in [7, 11) is 0. The molecule has 25 heavy (non-hydrogen) atoms. The van der Waals surface area contributed by atoms with Gasteiger partial charge in [0.25, 0.3) is 5.91 Å². The van der Waals surface area contributed by atoms with E-state index < -0.39 is 6.10 Å². The number of aromatic nitrogens is 3. The zero-order chi connectivity index (χ0) is 17.4. The molecule has 2 aliphatic heterocycles. The lowest BCUT2D eigenvalue weighted by atomic mass is 9.96. The molecule has 0 aliphatic carbocycles. The summed E-state index contributed by atoms with van der Waals surface area (Å²) in [6.45, 7) is 5.53. The number of nitrogens with one attached hydrogen (secondary N) is 1. The minimum Gasteiger partial charge on any atom is -0.480 e. The first kappa shape index (κ1) is 16.1. The van der Waals surface area contributed by atoms with Crippen molar-refractivity contribution in [1.29, 1.82) is 0 Å². The third kappa shape index (κ3) is 2.89. The van der Waals surface area contributed by atoms with E-state index in [-0.39, 0.29) is 17.9 Å². The van der Waals surface area contributed by atoms with E-state index in [0.29, 0.717) is 25.5 Å². The molecule has 4 rings (SSSR count). The summed E-state index contributed by atoms with van der Waals surface area (Å²) in [5, 5.41) is 7.12. The fourth-order valence-corrected chi connectivity index (χ4v) is 3.43. The van der Waals surface area contributed by atoms with E-state index in [2.05, 4.69) is 15.2 Å². The number of carbonyl (C=O) groups is 1. The summed E-state index contributed by atoms with van der Waals surface area (Å²) in [5.74, 6) is 2.28. The SMILES string of the molecule is CCc1nc([C@@H]2CN(C(=O)[C@@H]3Oc4ccccc4[C@H]3C)CCO2)n[nH]1. The number of amides is 1. The molecule has 1 amide bonds. The van der Waals surface area contributed by atoms with Crippen molar-refractivity contribution >= 4 is 5.91 Å². The number of carbonyl (C=O) groups excluding carboxylic acids is 1. The minimum atomic E-state index is -0.477. The Labute approximate surface area is 146 Å². The molecule has 1 N–H and O–H groups in total. The van der Waals surface area contributed by atoms with Gasteiger partial charge in [0.2, 0.25) is 0 Å². The third-order valence-corrected chi connectivity index (χ3v) is 4.91. The van der Waals surface area contributed by atoms with Gasteiger partial charge in [-0.15, -0.1) is 0 Å². The fraction of sp³-hybridized carbons (Fsp3) is 0.500. The van der Waals surface area contributed by atoms with E-state index in [0.717, 1.165) is 23.6 Å². The Morgan fingerprint density at radius 1 is 1.40 bits per heavy atom. The van der Waals surface area contributed by atoms with Crippen LogP contribution in [0.3, 0.4) is 0 Å². The van der Waals surface area contributed by atoms with Crippen LogP contribution in [-0.4, -0.2) is 51.8 Å². The van der Waals surface area contributed by atoms with Crippen LogP contribution in [-0.2, 0) is 16.0 Å². The number of fused-ring (bicyclic) bond motifs is 1. The Morgan fingerprint density at radius 3 is 3.00 bits per heavy atom. The lowest BCUT2D eigenvalue weighted by Crippen LogP contribution is -2.48. The van der Waals surface area contributed by atoms with Crippen LogP contribution in [0.5, 0.6) is 5.75 Å². The molecule has 2 aromatic rings. The van der Waals surface area contributed by atoms with Crippen molar-refractivity contribution in [3.63, 3.8) is 0 Å². The molecular weight excluding hydrogens is 320 g/mol. The first-order chi connectivity index (χ1) is 12.2. The molecule has 7 heteroatoms. The molecule has 132 valence electrons. The molecule has 0 bridgehead atoms. The molecule has 7 nitrogen and oxygen atoms in total. The Morgan fingerprint density at radius 2 is 2.24 bits per heavy atom. The number of nitrogens with zero attached hydrogens (tertiary/aromatic N) is 3. The number of ether oxygens (including phenoxy) is 2. The van der Waals surface area contributed by atoms with Crippen LogP contribution in [0, 0.1) is 0 Å². The van der Waals surface area contributed by atoms with Gasteiger partial charge < -0.3 is 14.4 Å². The van der Waals surface area contributed by atoms with Crippen molar-refractivity contribution in [3.8, 4) is 5.75 Å². The molecule has 0 unspecified atom stereocenters. The van der Waals surface area contributed by atoms with E-state index in [1.807, 2.05) is 43.0 Å². The highest BCUT2D eigenvalue weighted by molar-refractivity contribution is 5.83. The molecule has 3 atom stereocenters. The molecule has 0 saturated carbocycles. The molecule has 0 spiro atoms. The third-order valence-electron chi connectivity index (χ3n) is 4.91. The Kier molecular flexibility index (Phi) is 4.17. The van der Waals surface area contributed by atoms with E-state index >= 15 is 0 Å². The highest BCUT2D eigenvalue weighted by Crippen LogP contribution is 2.38. The Bertz CT molecular complexity index is 775. The lowest BCUT2D eigenvalue weighted by Gasteiger charge is -2.33. The average molecular weight is 342 g/mol. The van der Waals surface area contributed by atoms with Gasteiger partial charge in [0.1, 0.15) is 17.7 Å². The number of para-hydroxylation sites is 1. The van der Waals surface area contributed by atoms with Crippen molar-refractivity contribution in [1.82, 2.24) is 20.1 Å². The lowest BCUT2D eigenvalue weighted by molar-refractivity contribution is -0.146. The molecule has 3 heterocycles. The summed E-state index contributed by atoms with van der Waals surface area (Å²) in [6.07, 6.45) is 0.0106. The van der Waals surface area contributed by atoms with Crippen LogP contribution >= 0.6 is 0 Å². The number of H-pyrrole nitrogens is 1. The van der Waals surface area contributed by atoms with Gasteiger partial charge in [0.15, 0.2) is 11.9 Å². The summed E-state index contributed by atoms with van der Waals surface area (Å²) in [6, 6.07) is 7.85. The standard InChI is InChI=1S/C18H22N4O3/c1-3-15-19-17(21-20-15)14-10-22(8-9-24-14)18(23)16-11(2)12-6-4-5-7-13(12)25-16/h4-7,11,14,16H,3,8-10H2,1-2H3,(H,19,20,21)/t11-,14+,16-/m1/s1. The predicted octanol–water partition coefficient (Wildman–Crippen LogP) is 1.83. The van der Waals surface area contributed by atoms with Gasteiger partial charge in [-0.05, 0) is 6.07 Å². The fourth-order valence-electron chi connectivity index (χ4n) is 3.43. The maximum Gasteiger partial charge on any atom is 0.264 e. The van der Waals surface area contributed by atoms with Crippen LogP contribution in [0.15, 0.2) is 24.3 Å². The quantitative estimate of drug-likeness (QED) is 0.920. The molecule has 0 radical (unpaired) electrons. The van der Waals surface area contributed by atoms with Gasteiger partial charge in [0.05, 0.1) is 13.2 Å². The predicted molar refractivity (Wildman–Crippen MR) is 90.3 cm³/mol. The first-order valence-corrected chi connectivity index (χ1v) is 8.74. The van der Waals surface area contributed by atoms with Crippen LogP contribution < -0.4 is 4.74 Å². The number of benzene rings is 1. The topological polar surface area (TPSA) is 80.3 Å². The zero-order valence-corrected chi connectivity index (χ0v) is 14.4. The summed E-state index contributed by atoms with van der Waals surface area (Å²) in [5.41, 5.74) is 1.09. The summed E-state index contributed by atoms with van der Waals surface area (Å²) in [4.78, 5) is 19.3. The van der Waals surface area contributed by atoms with Crippen molar-refractivity contribution in [2.24, 2.45) is 0 Å². The van der Waals surface area contributed by atoms with Gasteiger partial charge >= 0.3 is 0 Å². The maximum absolute atomic E-state index is 13.0. The van der Waals surface area contributed by atoms with E-state index in [9.17, 15) is 4.79 Å². The van der Waals surface area contributed by atoms with Crippen LogP contribution in [0.25, 0.3) is 0 Å². The van der Waals surface area contributed by atoms with Crippen LogP contribution in [0.2, 0.25) is 0 Å². The first-order valence-electron chi connectivity index (χ1n) is 8.74. The highest BCUT2D eigenvalue weighted by Gasteiger charge is 2.40. The maximum atomic E-state index is 13.0. The largest absolute Gasteiger partial charge is 0.480 e. The van der Waals surface area contributed by atoms with Crippen molar-refractivity contribution < 1.29 is 14.3 Å². The van der Waals surface area contributed by atoms with Crippen molar-refractivity contribution in [2.45, 2.75) is 38.4 Å². The second kappa shape index (κ2) is 6.48. The smallest absolute Gasteiger partial charge is 0.264 e. The number of rotatable bonds is 3. The van der Waals surface area contributed by atoms with Crippen LogP contribution in [0.4, 0.5) is 0 Å². The molecule has 1 aromatic carbocycles. The summed E-state index contributed by atoms with van der Waals surface area (Å²) >= 11 is 0. The minimum absolute atomic E-state index is 0.00301. The average Bonchev–Trinajstić information content (AvgIpc) is 3.26. The molecule has 2 aliphatic rings. The normalized spacial score (nSPS) is 25.5. The molecular formula is C18H22N4O3. The van der Waals surface area contributed by atoms with E-state index in [4.69, 9.17) is 9.47 Å². The van der Waals surface area contributed by atoms with Gasteiger partial charge in [-0.3, -0.25) is 9.89 Å². The van der Waals surface area contributed by atoms with Crippen LogP contribution in [0.1, 0.15) is 43.1 Å². The van der Waals surface area contributed by atoms with Gasteiger partial charge in [-0.1, -0.05) is 32.0 Å². The monoisotopic (exact) mass is 342 g/mol. The number of aromatic amines is 1. The van der Waals surface area contributed by atoms with Crippen molar-refractivity contribution in [2.75, 3.05) is 19.7 Å². The summed E-state index contributed by atoms with van der Waals surface area (Å²) < 4.78 is 11.7. The Hall–Kier alpha value is -2.41. The highest BCUT2D eigenvalue weighted by atomic mass is 16.5. The van der Waals surface area contributed by atoms with Gasteiger partial charge in [-0.25, -0.2) is 4.98 Å². The van der Waals surface area contributed by atoms with Gasteiger partial charge in [0, 0.05) is 24.4 Å². The Balaban J connectivity index is 1.47. The van der Waals surface area contributed by atoms with Gasteiger partial charge in [-0.2, -0.15) is 5.10 Å². The number of aryl methyl sites for hydroxylation is 1. The number of hydrogen-bond donors (Lipinski definition) is 1. The second-order valence-electron chi connectivity index (χ2n) is 6.50. The molecule has 1 fully saturated rings. The second-order valence-corrected chi connectivity index (χ2v) is 6.50. The number of morpholine rings is 1. The van der Waals surface area contributed by atoms with Crippen molar-refractivity contribution in [3.05, 3.63) is 41.5 Å². The molecule has 1 aromatic heterocycles. The number of hydrogen-bond acceptors (Lipinski definition) is 5. The zero-order valence-electron chi connectivity index (χ0n) is 14.4. The molecule has 1 saturated heterocycles.